The Labute approximate surface area is 157 Å². The monoisotopic (exact) mass is 356 g/mol. The average Bonchev–Trinajstić information content (AvgIpc) is 2.54. The summed E-state index contributed by atoms with van der Waals surface area (Å²) in [5, 5.41) is 20.7. The van der Waals surface area contributed by atoms with Crippen molar-refractivity contribution in [3.05, 3.63) is 52.1 Å². The van der Waals surface area contributed by atoms with Crippen LogP contribution in [0.5, 0.6) is 5.75 Å². The van der Waals surface area contributed by atoms with E-state index in [2.05, 4.69) is 26.5 Å². The van der Waals surface area contributed by atoms with Crippen LogP contribution in [0.2, 0.25) is 0 Å². The normalized spacial score (nSPS) is 19.9. The van der Waals surface area contributed by atoms with Crippen LogP contribution in [-0.4, -0.2) is 16.2 Å². The van der Waals surface area contributed by atoms with E-state index in [1.54, 1.807) is 0 Å². The molecule has 0 saturated carbocycles. The van der Waals surface area contributed by atoms with Crippen LogP contribution in [-0.2, 0) is 6.42 Å². The molecule has 1 aliphatic carbocycles. The number of carboxylic acids is 1. The van der Waals surface area contributed by atoms with Crippen LogP contribution >= 0.6 is 0 Å². The average molecular weight is 357 g/mol. The van der Waals surface area contributed by atoms with E-state index in [0.717, 1.165) is 54.4 Å². The fraction of sp³-hybridized carbons (Fsp3) is 0.522. The SMILES string of the molecule is C=C(C)C1CCC(C)=CC1c1c(C)cc(CCCCC)c(C(=O)O)c1O. The summed E-state index contributed by atoms with van der Waals surface area (Å²) >= 11 is 0. The minimum Gasteiger partial charge on any atom is -0.507 e. The number of aromatic hydroxyl groups is 1. The number of allylic oxidation sites excluding steroid dienone is 3. The molecule has 2 rings (SSSR count). The minimum absolute atomic E-state index is 0.0101. The molecule has 0 bridgehead atoms. The zero-order valence-corrected chi connectivity index (χ0v) is 16.6. The fourth-order valence-electron chi connectivity index (χ4n) is 4.21. The van der Waals surface area contributed by atoms with Gasteiger partial charge in [-0.2, -0.15) is 0 Å². The number of unbranched alkanes of at least 4 members (excludes halogenated alkanes) is 2. The van der Waals surface area contributed by atoms with E-state index in [1.807, 2.05) is 19.9 Å². The molecule has 3 heteroatoms. The van der Waals surface area contributed by atoms with Gasteiger partial charge in [0, 0.05) is 11.5 Å². The predicted octanol–water partition coefficient (Wildman–Crippen LogP) is 6.15. The van der Waals surface area contributed by atoms with Gasteiger partial charge in [0.15, 0.2) is 0 Å². The van der Waals surface area contributed by atoms with Crippen molar-refractivity contribution in [2.24, 2.45) is 5.92 Å². The molecule has 0 saturated heterocycles. The Kier molecular flexibility index (Phi) is 6.69. The lowest BCUT2D eigenvalue weighted by Gasteiger charge is -2.32. The molecule has 0 aromatic heterocycles. The maximum absolute atomic E-state index is 11.9. The summed E-state index contributed by atoms with van der Waals surface area (Å²) in [6.07, 6.45) is 7.96. The van der Waals surface area contributed by atoms with Crippen LogP contribution in [0.15, 0.2) is 29.9 Å². The highest BCUT2D eigenvalue weighted by molar-refractivity contribution is 5.93. The Morgan fingerprint density at radius 3 is 2.58 bits per heavy atom. The number of carboxylic acid groups (broad SMARTS) is 1. The number of hydrogen-bond acceptors (Lipinski definition) is 2. The summed E-state index contributed by atoms with van der Waals surface area (Å²) in [4.78, 5) is 11.9. The van der Waals surface area contributed by atoms with Crippen molar-refractivity contribution in [1.82, 2.24) is 0 Å². The van der Waals surface area contributed by atoms with Crippen LogP contribution in [0, 0.1) is 12.8 Å². The molecule has 26 heavy (non-hydrogen) atoms. The molecule has 1 aromatic carbocycles. The predicted molar refractivity (Wildman–Crippen MR) is 107 cm³/mol. The van der Waals surface area contributed by atoms with Gasteiger partial charge in [-0.15, -0.1) is 0 Å². The molecule has 1 aromatic rings. The van der Waals surface area contributed by atoms with E-state index < -0.39 is 5.97 Å². The van der Waals surface area contributed by atoms with Gasteiger partial charge in [-0.1, -0.05) is 49.6 Å². The van der Waals surface area contributed by atoms with Gasteiger partial charge in [-0.05, 0) is 63.5 Å². The van der Waals surface area contributed by atoms with E-state index in [4.69, 9.17) is 0 Å². The van der Waals surface area contributed by atoms with Crippen molar-refractivity contribution in [3.8, 4) is 5.75 Å². The smallest absolute Gasteiger partial charge is 0.339 e. The van der Waals surface area contributed by atoms with E-state index >= 15 is 0 Å². The van der Waals surface area contributed by atoms with Crippen LogP contribution in [0.25, 0.3) is 0 Å². The summed E-state index contributed by atoms with van der Waals surface area (Å²) < 4.78 is 0. The van der Waals surface area contributed by atoms with Crippen molar-refractivity contribution in [1.29, 1.82) is 0 Å². The highest BCUT2D eigenvalue weighted by Gasteiger charge is 2.31. The first-order valence-electron chi connectivity index (χ1n) is 9.69. The molecule has 0 fully saturated rings. The summed E-state index contributed by atoms with van der Waals surface area (Å²) in [6.45, 7) is 12.4. The van der Waals surface area contributed by atoms with Crippen LogP contribution < -0.4 is 0 Å². The Balaban J connectivity index is 2.58. The first-order chi connectivity index (χ1) is 12.3. The second kappa shape index (κ2) is 8.57. The third-order valence-corrected chi connectivity index (χ3v) is 5.61. The molecule has 0 aliphatic heterocycles. The molecule has 1 aliphatic rings. The van der Waals surface area contributed by atoms with Crippen molar-refractivity contribution < 1.29 is 15.0 Å². The van der Waals surface area contributed by atoms with Gasteiger partial charge in [0.2, 0.25) is 0 Å². The zero-order chi connectivity index (χ0) is 19.4. The lowest BCUT2D eigenvalue weighted by atomic mass is 9.72. The van der Waals surface area contributed by atoms with Gasteiger partial charge >= 0.3 is 5.97 Å². The molecular weight excluding hydrogens is 324 g/mol. The van der Waals surface area contributed by atoms with Gasteiger partial charge in [0.25, 0.3) is 0 Å². The highest BCUT2D eigenvalue weighted by Crippen LogP contribution is 2.45. The molecular formula is C23H32O3. The van der Waals surface area contributed by atoms with Gasteiger partial charge in [-0.25, -0.2) is 4.79 Å². The highest BCUT2D eigenvalue weighted by atomic mass is 16.4. The van der Waals surface area contributed by atoms with Crippen LogP contribution in [0.3, 0.4) is 0 Å². The van der Waals surface area contributed by atoms with Crippen molar-refractivity contribution in [3.63, 3.8) is 0 Å². The molecule has 0 amide bonds. The van der Waals surface area contributed by atoms with Crippen LogP contribution in [0.1, 0.15) is 85.8 Å². The quantitative estimate of drug-likeness (QED) is 0.455. The maximum atomic E-state index is 11.9. The Hall–Kier alpha value is -2.03. The Morgan fingerprint density at radius 2 is 2.00 bits per heavy atom. The molecule has 3 nitrogen and oxygen atoms in total. The molecule has 0 heterocycles. The van der Waals surface area contributed by atoms with E-state index in [1.165, 1.54) is 5.57 Å². The molecule has 0 radical (unpaired) electrons. The maximum Gasteiger partial charge on any atom is 0.339 e. The van der Waals surface area contributed by atoms with Gasteiger partial charge in [0.05, 0.1) is 0 Å². The molecule has 2 atom stereocenters. The number of hydrogen-bond donors (Lipinski definition) is 2. The summed E-state index contributed by atoms with van der Waals surface area (Å²) in [5.74, 6) is -0.871. The number of carbonyl (C=O) groups is 1. The van der Waals surface area contributed by atoms with Crippen LogP contribution in [0.4, 0.5) is 0 Å². The van der Waals surface area contributed by atoms with E-state index in [0.29, 0.717) is 6.42 Å². The molecule has 0 spiro atoms. The first kappa shape index (κ1) is 20.3. The summed E-state index contributed by atoms with van der Waals surface area (Å²) in [6, 6.07) is 1.97. The second-order valence-corrected chi connectivity index (χ2v) is 7.78. The van der Waals surface area contributed by atoms with Gasteiger partial charge in [0.1, 0.15) is 11.3 Å². The van der Waals surface area contributed by atoms with Gasteiger partial charge in [-0.3, -0.25) is 0 Å². The summed E-state index contributed by atoms with van der Waals surface area (Å²) in [7, 11) is 0. The number of aromatic carboxylic acids is 1. The van der Waals surface area contributed by atoms with Crippen molar-refractivity contribution in [2.75, 3.05) is 0 Å². The minimum atomic E-state index is -1.04. The number of phenols is 1. The number of rotatable bonds is 7. The number of benzene rings is 1. The van der Waals surface area contributed by atoms with Crippen molar-refractivity contribution >= 4 is 5.97 Å². The zero-order valence-electron chi connectivity index (χ0n) is 16.6. The molecule has 142 valence electrons. The second-order valence-electron chi connectivity index (χ2n) is 7.78. The van der Waals surface area contributed by atoms with E-state index in [9.17, 15) is 15.0 Å². The third kappa shape index (κ3) is 4.20. The topological polar surface area (TPSA) is 57.5 Å². The van der Waals surface area contributed by atoms with Gasteiger partial charge < -0.3 is 10.2 Å². The standard InChI is InChI=1S/C23H32O3/c1-6-7-8-9-17-13-16(5)20(22(24)21(17)23(25)26)19-12-15(4)10-11-18(19)14(2)3/h12-13,18-19,24H,2,6-11H2,1,3-5H3,(H,25,26). The largest absolute Gasteiger partial charge is 0.507 e. The molecule has 2 unspecified atom stereocenters. The molecule has 2 N–H and O–H groups in total. The summed E-state index contributed by atoms with van der Waals surface area (Å²) in [5.41, 5.74) is 4.93. The third-order valence-electron chi connectivity index (χ3n) is 5.61. The van der Waals surface area contributed by atoms with E-state index in [-0.39, 0.29) is 23.1 Å². The lowest BCUT2D eigenvalue weighted by Crippen LogP contribution is -2.19. The Morgan fingerprint density at radius 1 is 1.31 bits per heavy atom. The first-order valence-corrected chi connectivity index (χ1v) is 9.69. The van der Waals surface area contributed by atoms with Crippen molar-refractivity contribution in [2.45, 2.75) is 72.1 Å². The number of aryl methyl sites for hydroxylation is 2. The lowest BCUT2D eigenvalue weighted by molar-refractivity contribution is 0.0692. The Bertz CT molecular complexity index is 727. The fourth-order valence-corrected chi connectivity index (χ4v) is 4.21.